The van der Waals surface area contributed by atoms with Gasteiger partial charge in [-0.2, -0.15) is 10.2 Å². The summed E-state index contributed by atoms with van der Waals surface area (Å²) in [5, 5.41) is 14.0. The molecule has 0 bridgehead atoms. The maximum Gasteiger partial charge on any atom is 0.221 e. The smallest absolute Gasteiger partial charge is 0.221 e. The minimum Gasteiger partial charge on any atom is -0.356 e. The van der Waals surface area contributed by atoms with Crippen molar-refractivity contribution < 1.29 is 9.59 Å². The average Bonchev–Trinajstić information content (AvgIpc) is 3.56. The summed E-state index contributed by atoms with van der Waals surface area (Å²) in [4.78, 5) is 24.6. The van der Waals surface area contributed by atoms with Gasteiger partial charge in [0.15, 0.2) is 5.66 Å². The number of benzene rings is 2. The Bertz CT molecular complexity index is 874. The predicted molar refractivity (Wildman–Crippen MR) is 115 cm³/mol. The van der Waals surface area contributed by atoms with Crippen molar-refractivity contribution in [3.8, 4) is 12.3 Å². The summed E-state index contributed by atoms with van der Waals surface area (Å²) < 4.78 is 0. The molecular weight excluding hydrogens is 376 g/mol. The summed E-state index contributed by atoms with van der Waals surface area (Å²) in [6, 6.07) is 19.3. The van der Waals surface area contributed by atoms with Crippen LogP contribution in [0.3, 0.4) is 0 Å². The zero-order valence-corrected chi connectivity index (χ0v) is 16.9. The van der Waals surface area contributed by atoms with Gasteiger partial charge in [-0.1, -0.05) is 60.7 Å². The van der Waals surface area contributed by atoms with Gasteiger partial charge in [-0.05, 0) is 11.1 Å². The Balaban J connectivity index is 1.45. The summed E-state index contributed by atoms with van der Waals surface area (Å²) in [5.74, 6) is 2.26. The number of terminal acetylenes is 1. The van der Waals surface area contributed by atoms with Gasteiger partial charge in [-0.25, -0.2) is 0 Å². The van der Waals surface area contributed by atoms with E-state index in [-0.39, 0.29) is 30.7 Å². The SMILES string of the molecule is C#CCCC1(CCNC(=O)CCC(=O)NC(c2ccccc2)c2ccccc2)N=N1. The lowest BCUT2D eigenvalue weighted by Crippen LogP contribution is -2.32. The third kappa shape index (κ3) is 6.28. The van der Waals surface area contributed by atoms with Crippen molar-refractivity contribution in [3.63, 3.8) is 0 Å². The molecule has 0 aromatic heterocycles. The number of nitrogens with one attached hydrogen (secondary N) is 2. The third-order valence-electron chi connectivity index (χ3n) is 5.05. The minimum atomic E-state index is -0.407. The van der Waals surface area contributed by atoms with Gasteiger partial charge in [-0.3, -0.25) is 9.59 Å². The van der Waals surface area contributed by atoms with Crippen LogP contribution in [0.2, 0.25) is 0 Å². The largest absolute Gasteiger partial charge is 0.356 e. The van der Waals surface area contributed by atoms with Crippen molar-refractivity contribution in [1.29, 1.82) is 0 Å². The van der Waals surface area contributed by atoms with E-state index in [1.165, 1.54) is 0 Å². The van der Waals surface area contributed by atoms with Crippen LogP contribution in [0.1, 0.15) is 49.3 Å². The second-order valence-electron chi connectivity index (χ2n) is 7.31. The molecular formula is C24H26N4O2. The Labute approximate surface area is 177 Å². The number of carbonyl (C=O) groups is 2. The molecule has 0 saturated carbocycles. The monoisotopic (exact) mass is 402 g/mol. The summed E-state index contributed by atoms with van der Waals surface area (Å²) in [6.45, 7) is 0.467. The highest BCUT2D eigenvalue weighted by Gasteiger charge is 2.38. The molecule has 3 rings (SSSR count). The molecule has 0 fully saturated rings. The maximum atomic E-state index is 12.5. The van der Waals surface area contributed by atoms with Crippen LogP contribution in [0.15, 0.2) is 70.9 Å². The number of hydrogen-bond acceptors (Lipinski definition) is 4. The van der Waals surface area contributed by atoms with Crippen molar-refractivity contribution in [2.24, 2.45) is 10.2 Å². The summed E-state index contributed by atoms with van der Waals surface area (Å²) in [6.07, 6.45) is 7.49. The molecule has 2 aromatic rings. The van der Waals surface area contributed by atoms with Crippen LogP contribution in [0.25, 0.3) is 0 Å². The quantitative estimate of drug-likeness (QED) is 0.561. The molecule has 6 heteroatoms. The molecule has 2 N–H and O–H groups in total. The Morgan fingerprint density at radius 1 is 0.900 bits per heavy atom. The summed E-state index contributed by atoms with van der Waals surface area (Å²) in [7, 11) is 0. The second-order valence-corrected chi connectivity index (χ2v) is 7.31. The van der Waals surface area contributed by atoms with E-state index in [1.807, 2.05) is 60.7 Å². The number of rotatable bonds is 11. The minimum absolute atomic E-state index is 0.124. The Morgan fingerprint density at radius 2 is 1.47 bits per heavy atom. The van der Waals surface area contributed by atoms with E-state index < -0.39 is 5.66 Å². The standard InChI is InChI=1S/C24H26N4O2/c1-2-3-16-24(27-28-24)17-18-25-21(29)14-15-22(30)26-23(19-10-6-4-7-11-19)20-12-8-5-9-13-20/h1,4-13,23H,3,14-18H2,(H,25,29)(H,26,30). The molecule has 0 spiro atoms. The lowest BCUT2D eigenvalue weighted by atomic mass is 9.98. The molecule has 0 aliphatic carbocycles. The van der Waals surface area contributed by atoms with Gasteiger partial charge >= 0.3 is 0 Å². The van der Waals surface area contributed by atoms with Gasteiger partial charge in [0.2, 0.25) is 11.8 Å². The number of amides is 2. The molecule has 0 atom stereocenters. The Kier molecular flexibility index (Phi) is 7.34. The van der Waals surface area contributed by atoms with Crippen molar-refractivity contribution in [2.45, 2.75) is 43.8 Å². The van der Waals surface area contributed by atoms with E-state index in [0.29, 0.717) is 25.8 Å². The lowest BCUT2D eigenvalue weighted by molar-refractivity contribution is -0.126. The van der Waals surface area contributed by atoms with Crippen molar-refractivity contribution >= 4 is 11.8 Å². The summed E-state index contributed by atoms with van der Waals surface area (Å²) >= 11 is 0. The van der Waals surface area contributed by atoms with Crippen LogP contribution in [0, 0.1) is 12.3 Å². The van der Waals surface area contributed by atoms with E-state index in [1.54, 1.807) is 0 Å². The van der Waals surface area contributed by atoms with Crippen LogP contribution < -0.4 is 10.6 Å². The first-order valence-corrected chi connectivity index (χ1v) is 10.2. The molecule has 154 valence electrons. The molecule has 6 nitrogen and oxygen atoms in total. The highest BCUT2D eigenvalue weighted by Crippen LogP contribution is 2.36. The van der Waals surface area contributed by atoms with Crippen molar-refractivity contribution in [1.82, 2.24) is 10.6 Å². The Morgan fingerprint density at radius 3 is 2.00 bits per heavy atom. The lowest BCUT2D eigenvalue weighted by Gasteiger charge is -2.20. The zero-order chi connectivity index (χ0) is 21.2. The van der Waals surface area contributed by atoms with Crippen LogP contribution in [0.5, 0.6) is 0 Å². The van der Waals surface area contributed by atoms with Gasteiger partial charge in [-0.15, -0.1) is 12.3 Å². The first-order valence-electron chi connectivity index (χ1n) is 10.2. The topological polar surface area (TPSA) is 82.9 Å². The normalized spacial score (nSPS) is 13.5. The number of hydrogen-bond donors (Lipinski definition) is 2. The zero-order valence-electron chi connectivity index (χ0n) is 16.9. The first kappa shape index (κ1) is 21.3. The fourth-order valence-corrected chi connectivity index (χ4v) is 3.27. The first-order chi connectivity index (χ1) is 14.6. The molecule has 1 aliphatic heterocycles. The summed E-state index contributed by atoms with van der Waals surface area (Å²) in [5.41, 5.74) is 1.58. The van der Waals surface area contributed by atoms with E-state index in [9.17, 15) is 9.59 Å². The molecule has 2 aromatic carbocycles. The highest BCUT2D eigenvalue weighted by molar-refractivity contribution is 5.84. The average molecular weight is 402 g/mol. The third-order valence-corrected chi connectivity index (χ3v) is 5.05. The number of carbonyl (C=O) groups excluding carboxylic acids is 2. The molecule has 2 amide bonds. The number of nitrogens with zero attached hydrogens (tertiary/aromatic N) is 2. The second kappa shape index (κ2) is 10.4. The molecule has 1 heterocycles. The maximum absolute atomic E-state index is 12.5. The molecule has 0 saturated heterocycles. The molecule has 30 heavy (non-hydrogen) atoms. The van der Waals surface area contributed by atoms with Gasteiger partial charge in [0, 0.05) is 38.6 Å². The van der Waals surface area contributed by atoms with Crippen molar-refractivity contribution in [3.05, 3.63) is 71.8 Å². The van der Waals surface area contributed by atoms with Crippen LogP contribution in [0.4, 0.5) is 0 Å². The van der Waals surface area contributed by atoms with E-state index in [0.717, 1.165) is 11.1 Å². The predicted octanol–water partition coefficient (Wildman–Crippen LogP) is 3.75. The van der Waals surface area contributed by atoms with Crippen LogP contribution >= 0.6 is 0 Å². The van der Waals surface area contributed by atoms with Crippen LogP contribution in [-0.2, 0) is 9.59 Å². The van der Waals surface area contributed by atoms with E-state index >= 15 is 0 Å². The highest BCUT2D eigenvalue weighted by atomic mass is 16.2. The fraction of sp³-hybridized carbons (Fsp3) is 0.333. The van der Waals surface area contributed by atoms with Gasteiger partial charge in [0.05, 0.1) is 6.04 Å². The van der Waals surface area contributed by atoms with Gasteiger partial charge < -0.3 is 10.6 Å². The Hall–Kier alpha value is -3.46. The van der Waals surface area contributed by atoms with E-state index in [2.05, 4.69) is 26.8 Å². The molecule has 0 radical (unpaired) electrons. The van der Waals surface area contributed by atoms with Crippen molar-refractivity contribution in [2.75, 3.05) is 6.54 Å². The van der Waals surface area contributed by atoms with Crippen LogP contribution in [-0.4, -0.2) is 24.0 Å². The van der Waals surface area contributed by atoms with E-state index in [4.69, 9.17) is 6.42 Å². The molecule has 1 aliphatic rings. The fourth-order valence-electron chi connectivity index (χ4n) is 3.27. The van der Waals surface area contributed by atoms with Gasteiger partial charge in [0.25, 0.3) is 0 Å². The molecule has 0 unspecified atom stereocenters. The van der Waals surface area contributed by atoms with Gasteiger partial charge in [0.1, 0.15) is 0 Å².